The molecule has 4 heteroatoms. The number of nitrogens with zero attached hydrogens (tertiary/aromatic N) is 2. The second-order valence-electron chi connectivity index (χ2n) is 4.49. The molecule has 0 aliphatic rings. The third-order valence-electron chi connectivity index (χ3n) is 3.25. The lowest BCUT2D eigenvalue weighted by molar-refractivity contribution is 0.0742. The Bertz CT molecular complexity index is 551. The summed E-state index contributed by atoms with van der Waals surface area (Å²) in [6.07, 6.45) is 3.46. The molecule has 2 rings (SSSR count). The number of carbonyl (C=O) groups is 1. The Morgan fingerprint density at radius 1 is 1.16 bits per heavy atom. The predicted molar refractivity (Wildman–Crippen MR) is 75.6 cm³/mol. The van der Waals surface area contributed by atoms with E-state index >= 15 is 0 Å². The Balaban J connectivity index is 2.17. The largest absolute Gasteiger partial charge is 0.399 e. The van der Waals surface area contributed by atoms with Crippen LogP contribution in [0.4, 0.5) is 5.69 Å². The standard InChI is InChI=1S/C15H17N3O/c1-11(12-7-9-17-10-8-12)18(2)15(19)13-3-5-14(16)6-4-13/h3-11H,16H2,1-2H3. The number of nitrogens with two attached hydrogens (primary N) is 1. The molecule has 0 saturated heterocycles. The number of benzene rings is 1. The molecular formula is C15H17N3O. The summed E-state index contributed by atoms with van der Waals surface area (Å²) < 4.78 is 0. The Morgan fingerprint density at radius 3 is 2.32 bits per heavy atom. The van der Waals surface area contributed by atoms with Gasteiger partial charge in [-0.2, -0.15) is 0 Å². The van der Waals surface area contributed by atoms with Gasteiger partial charge < -0.3 is 10.6 Å². The van der Waals surface area contributed by atoms with Gasteiger partial charge in [-0.15, -0.1) is 0 Å². The summed E-state index contributed by atoms with van der Waals surface area (Å²) in [5.41, 5.74) is 7.97. The minimum atomic E-state index is -0.0238. The Hall–Kier alpha value is -2.36. The topological polar surface area (TPSA) is 59.2 Å². The molecule has 1 heterocycles. The molecular weight excluding hydrogens is 238 g/mol. The normalized spacial score (nSPS) is 11.9. The number of aromatic nitrogens is 1. The molecule has 4 nitrogen and oxygen atoms in total. The fraction of sp³-hybridized carbons (Fsp3) is 0.200. The molecule has 1 atom stereocenters. The molecule has 0 saturated carbocycles. The highest BCUT2D eigenvalue weighted by molar-refractivity contribution is 5.94. The Labute approximate surface area is 112 Å². The zero-order chi connectivity index (χ0) is 13.8. The molecule has 0 fully saturated rings. The van der Waals surface area contributed by atoms with Gasteiger partial charge in [-0.1, -0.05) is 0 Å². The monoisotopic (exact) mass is 255 g/mol. The molecule has 2 N–H and O–H groups in total. The SMILES string of the molecule is CC(c1ccncc1)N(C)C(=O)c1ccc(N)cc1. The molecule has 0 aliphatic heterocycles. The van der Waals surface area contributed by atoms with Gasteiger partial charge in [0.1, 0.15) is 0 Å². The molecule has 1 unspecified atom stereocenters. The average Bonchev–Trinajstić information content (AvgIpc) is 2.46. The lowest BCUT2D eigenvalue weighted by atomic mass is 10.1. The maximum atomic E-state index is 12.3. The van der Waals surface area contributed by atoms with E-state index in [1.165, 1.54) is 0 Å². The van der Waals surface area contributed by atoms with E-state index in [0.717, 1.165) is 5.56 Å². The maximum Gasteiger partial charge on any atom is 0.254 e. The Kier molecular flexibility index (Phi) is 3.80. The smallest absolute Gasteiger partial charge is 0.254 e. The van der Waals surface area contributed by atoms with E-state index in [0.29, 0.717) is 11.3 Å². The number of hydrogen-bond donors (Lipinski definition) is 1. The van der Waals surface area contributed by atoms with Crippen LogP contribution in [0.5, 0.6) is 0 Å². The van der Waals surface area contributed by atoms with Gasteiger partial charge in [0, 0.05) is 30.7 Å². The van der Waals surface area contributed by atoms with E-state index in [2.05, 4.69) is 4.98 Å². The molecule has 2 aromatic rings. The first-order valence-corrected chi connectivity index (χ1v) is 6.12. The molecule has 0 radical (unpaired) electrons. The lowest BCUT2D eigenvalue weighted by Crippen LogP contribution is -2.29. The zero-order valence-corrected chi connectivity index (χ0v) is 11.1. The molecule has 98 valence electrons. The highest BCUT2D eigenvalue weighted by Gasteiger charge is 2.18. The quantitative estimate of drug-likeness (QED) is 0.857. The average molecular weight is 255 g/mol. The van der Waals surface area contributed by atoms with Gasteiger partial charge in [0.05, 0.1) is 6.04 Å². The van der Waals surface area contributed by atoms with Crippen LogP contribution in [-0.2, 0) is 0 Å². The van der Waals surface area contributed by atoms with E-state index in [-0.39, 0.29) is 11.9 Å². The summed E-state index contributed by atoms with van der Waals surface area (Å²) in [6.45, 7) is 1.99. The summed E-state index contributed by atoms with van der Waals surface area (Å²) in [5, 5.41) is 0. The summed E-state index contributed by atoms with van der Waals surface area (Å²) in [4.78, 5) is 18.0. The van der Waals surface area contributed by atoms with E-state index in [9.17, 15) is 4.79 Å². The molecule has 0 bridgehead atoms. The highest BCUT2D eigenvalue weighted by atomic mass is 16.2. The van der Waals surface area contributed by atoms with Gasteiger partial charge in [0.2, 0.25) is 0 Å². The van der Waals surface area contributed by atoms with Crippen molar-refractivity contribution in [2.75, 3.05) is 12.8 Å². The van der Waals surface area contributed by atoms with Crippen LogP contribution in [0.15, 0.2) is 48.8 Å². The third kappa shape index (κ3) is 2.91. The predicted octanol–water partition coefficient (Wildman–Crippen LogP) is 2.50. The van der Waals surface area contributed by atoms with Gasteiger partial charge in [0.15, 0.2) is 0 Å². The van der Waals surface area contributed by atoms with Crippen molar-refractivity contribution in [3.63, 3.8) is 0 Å². The number of rotatable bonds is 3. The zero-order valence-electron chi connectivity index (χ0n) is 11.1. The van der Waals surface area contributed by atoms with E-state index in [1.807, 2.05) is 19.1 Å². The van der Waals surface area contributed by atoms with Crippen LogP contribution in [0.2, 0.25) is 0 Å². The van der Waals surface area contributed by atoms with Crippen molar-refractivity contribution >= 4 is 11.6 Å². The fourth-order valence-electron chi connectivity index (χ4n) is 1.87. The summed E-state index contributed by atoms with van der Waals surface area (Å²) in [5.74, 6) is -0.0238. The van der Waals surface area contributed by atoms with Gasteiger partial charge >= 0.3 is 0 Å². The van der Waals surface area contributed by atoms with E-state index in [4.69, 9.17) is 5.73 Å². The lowest BCUT2D eigenvalue weighted by Gasteiger charge is -2.25. The van der Waals surface area contributed by atoms with Crippen LogP contribution in [0.3, 0.4) is 0 Å². The van der Waals surface area contributed by atoms with Gasteiger partial charge in [-0.25, -0.2) is 0 Å². The number of nitrogen functional groups attached to an aromatic ring is 1. The molecule has 0 aliphatic carbocycles. The van der Waals surface area contributed by atoms with Crippen LogP contribution < -0.4 is 5.73 Å². The molecule has 1 aromatic carbocycles. The third-order valence-corrected chi connectivity index (χ3v) is 3.25. The van der Waals surface area contributed by atoms with Crippen molar-refractivity contribution in [3.05, 3.63) is 59.9 Å². The van der Waals surface area contributed by atoms with E-state index in [1.54, 1.807) is 48.6 Å². The summed E-state index contributed by atoms with van der Waals surface area (Å²) >= 11 is 0. The van der Waals surface area contributed by atoms with Crippen molar-refractivity contribution in [2.24, 2.45) is 0 Å². The van der Waals surface area contributed by atoms with Crippen LogP contribution >= 0.6 is 0 Å². The minimum Gasteiger partial charge on any atom is -0.399 e. The maximum absolute atomic E-state index is 12.3. The number of hydrogen-bond acceptors (Lipinski definition) is 3. The number of pyridine rings is 1. The number of anilines is 1. The van der Waals surface area contributed by atoms with E-state index < -0.39 is 0 Å². The molecule has 1 amide bonds. The van der Waals surface area contributed by atoms with Crippen LogP contribution in [0, 0.1) is 0 Å². The van der Waals surface area contributed by atoms with Gasteiger partial charge in [-0.05, 0) is 48.9 Å². The summed E-state index contributed by atoms with van der Waals surface area (Å²) in [7, 11) is 1.80. The van der Waals surface area contributed by atoms with Crippen molar-refractivity contribution in [1.29, 1.82) is 0 Å². The molecule has 0 spiro atoms. The van der Waals surface area contributed by atoms with Crippen molar-refractivity contribution in [2.45, 2.75) is 13.0 Å². The fourth-order valence-corrected chi connectivity index (χ4v) is 1.87. The minimum absolute atomic E-state index is 0.00643. The second-order valence-corrected chi connectivity index (χ2v) is 4.49. The highest BCUT2D eigenvalue weighted by Crippen LogP contribution is 2.20. The molecule has 1 aromatic heterocycles. The Morgan fingerprint density at radius 2 is 1.74 bits per heavy atom. The first-order chi connectivity index (χ1) is 9.09. The first-order valence-electron chi connectivity index (χ1n) is 6.12. The van der Waals surface area contributed by atoms with Crippen molar-refractivity contribution in [1.82, 2.24) is 9.88 Å². The van der Waals surface area contributed by atoms with Crippen molar-refractivity contribution in [3.8, 4) is 0 Å². The van der Waals surface area contributed by atoms with Crippen LogP contribution in [-0.4, -0.2) is 22.8 Å². The number of carbonyl (C=O) groups excluding carboxylic acids is 1. The van der Waals surface area contributed by atoms with Crippen LogP contribution in [0.1, 0.15) is 28.9 Å². The molecule has 19 heavy (non-hydrogen) atoms. The van der Waals surface area contributed by atoms with Gasteiger partial charge in [0.25, 0.3) is 5.91 Å². The van der Waals surface area contributed by atoms with Crippen LogP contribution in [0.25, 0.3) is 0 Å². The first kappa shape index (κ1) is 13.1. The van der Waals surface area contributed by atoms with Crippen molar-refractivity contribution < 1.29 is 4.79 Å². The number of amides is 1. The second kappa shape index (κ2) is 5.52. The summed E-state index contributed by atoms with van der Waals surface area (Å²) in [6, 6.07) is 10.8. The van der Waals surface area contributed by atoms with Gasteiger partial charge in [-0.3, -0.25) is 9.78 Å².